The van der Waals surface area contributed by atoms with Crippen LogP contribution < -0.4 is 4.90 Å². The highest BCUT2D eigenvalue weighted by Crippen LogP contribution is 2.39. The molecule has 0 heterocycles. The number of nitrogens with zero attached hydrogens (tertiary/aromatic N) is 3. The molecule has 122 valence electrons. The monoisotopic (exact) mass is 317 g/mol. The number of anilines is 1. The first-order valence-electron chi connectivity index (χ1n) is 8.01. The third kappa shape index (κ3) is 4.37. The lowest BCUT2D eigenvalue weighted by Crippen LogP contribution is -2.17. The molecule has 0 aromatic heterocycles. The van der Waals surface area contributed by atoms with Crippen LogP contribution in [0.2, 0.25) is 0 Å². The van der Waals surface area contributed by atoms with Crippen molar-refractivity contribution in [3.8, 4) is 6.07 Å². The maximum atomic E-state index is 9.14. The first kappa shape index (κ1) is 17.6. The minimum atomic E-state index is 0.0608. The molecule has 3 nitrogen and oxygen atoms in total. The summed E-state index contributed by atoms with van der Waals surface area (Å²) < 4.78 is 0. The summed E-state index contributed by atoms with van der Waals surface area (Å²) >= 11 is 0. The van der Waals surface area contributed by atoms with Crippen molar-refractivity contribution in [3.05, 3.63) is 70.2 Å². The van der Waals surface area contributed by atoms with Crippen LogP contribution in [0.1, 0.15) is 32.3 Å². The van der Waals surface area contributed by atoms with Gasteiger partial charge in [0.2, 0.25) is 0 Å². The average Bonchev–Trinajstić information content (AvgIpc) is 2.53. The molecule has 2 rings (SSSR count). The summed E-state index contributed by atoms with van der Waals surface area (Å²) in [6.45, 7) is 11.5. The van der Waals surface area contributed by atoms with Gasteiger partial charge in [0.15, 0.2) is 0 Å². The van der Waals surface area contributed by atoms with Crippen molar-refractivity contribution in [1.29, 1.82) is 5.26 Å². The predicted molar refractivity (Wildman–Crippen MR) is 100 cm³/mol. The van der Waals surface area contributed by atoms with Gasteiger partial charge in [-0.25, -0.2) is 10.1 Å². The molecule has 0 saturated carbocycles. The Morgan fingerprint density at radius 1 is 1.21 bits per heavy atom. The Kier molecular flexibility index (Phi) is 5.27. The van der Waals surface area contributed by atoms with Gasteiger partial charge in [-0.1, -0.05) is 44.2 Å². The van der Waals surface area contributed by atoms with Gasteiger partial charge in [-0.2, -0.15) is 0 Å². The molecule has 24 heavy (non-hydrogen) atoms. The Labute approximate surface area is 145 Å². The quantitative estimate of drug-likeness (QED) is 0.566. The Balaban J connectivity index is 2.28. The third-order valence-electron chi connectivity index (χ3n) is 4.13. The van der Waals surface area contributed by atoms with E-state index in [0.29, 0.717) is 0 Å². The molecule has 0 fully saturated rings. The Morgan fingerprint density at radius 3 is 2.42 bits per heavy atom. The van der Waals surface area contributed by atoms with Gasteiger partial charge in [0.1, 0.15) is 0 Å². The highest BCUT2D eigenvalue weighted by Gasteiger charge is 2.26. The fourth-order valence-corrected chi connectivity index (χ4v) is 2.97. The van der Waals surface area contributed by atoms with Crippen LogP contribution in [-0.2, 0) is 0 Å². The highest BCUT2D eigenvalue weighted by molar-refractivity contribution is 5.58. The van der Waals surface area contributed by atoms with Gasteiger partial charge < -0.3 is 4.90 Å². The zero-order chi connectivity index (χ0) is 17.7. The van der Waals surface area contributed by atoms with E-state index < -0.39 is 0 Å². The molecular weight excluding hydrogens is 294 g/mol. The molecule has 0 bridgehead atoms. The normalized spacial score (nSPS) is 18.5. The van der Waals surface area contributed by atoms with Gasteiger partial charge in [0.25, 0.3) is 5.70 Å². The molecule has 0 atom stereocenters. The minimum Gasteiger partial charge on any atom is -0.378 e. The van der Waals surface area contributed by atoms with E-state index in [9.17, 15) is 0 Å². The summed E-state index contributed by atoms with van der Waals surface area (Å²) in [6.07, 6.45) is 7.91. The molecule has 0 aliphatic heterocycles. The summed E-state index contributed by atoms with van der Waals surface area (Å²) in [5.74, 6) is 0. The van der Waals surface area contributed by atoms with E-state index in [2.05, 4.69) is 60.0 Å². The van der Waals surface area contributed by atoms with Crippen molar-refractivity contribution < 1.29 is 0 Å². The summed E-state index contributed by atoms with van der Waals surface area (Å²) in [5, 5.41) is 9.14. The first-order valence-corrected chi connectivity index (χ1v) is 8.01. The van der Waals surface area contributed by atoms with E-state index in [1.165, 1.54) is 5.69 Å². The van der Waals surface area contributed by atoms with Crippen LogP contribution >= 0.6 is 0 Å². The van der Waals surface area contributed by atoms with E-state index in [1.807, 2.05) is 26.2 Å². The van der Waals surface area contributed by atoms with Crippen LogP contribution in [0.25, 0.3) is 10.9 Å². The topological polar surface area (TPSA) is 31.4 Å². The van der Waals surface area contributed by atoms with Crippen molar-refractivity contribution in [1.82, 2.24) is 0 Å². The first-order chi connectivity index (χ1) is 11.3. The second-order valence-electron chi connectivity index (χ2n) is 7.15. The zero-order valence-electron chi connectivity index (χ0n) is 14.8. The molecule has 1 aliphatic carbocycles. The van der Waals surface area contributed by atoms with Crippen molar-refractivity contribution in [3.63, 3.8) is 0 Å². The largest absolute Gasteiger partial charge is 0.378 e. The minimum absolute atomic E-state index is 0.0608. The summed E-state index contributed by atoms with van der Waals surface area (Å²) in [5.41, 5.74) is 4.60. The Bertz CT molecular complexity index is 760. The second-order valence-corrected chi connectivity index (χ2v) is 7.15. The molecule has 3 heteroatoms. The molecule has 0 saturated heterocycles. The van der Waals surface area contributed by atoms with E-state index in [0.717, 1.165) is 29.6 Å². The number of allylic oxidation sites excluding steroid dienone is 5. The maximum absolute atomic E-state index is 9.14. The molecule has 1 aromatic rings. The number of nitriles is 1. The van der Waals surface area contributed by atoms with Crippen LogP contribution in [0.5, 0.6) is 0 Å². The van der Waals surface area contributed by atoms with Gasteiger partial charge in [0, 0.05) is 19.8 Å². The van der Waals surface area contributed by atoms with Crippen LogP contribution in [0, 0.1) is 23.3 Å². The fourth-order valence-electron chi connectivity index (χ4n) is 2.97. The third-order valence-corrected chi connectivity index (χ3v) is 4.13. The van der Waals surface area contributed by atoms with Crippen molar-refractivity contribution in [2.75, 3.05) is 19.0 Å². The SMILES string of the molecule is [C-]#[N+]/C(C#N)=C1C=C(/C=C/c2ccc(N(C)C)cc2)CC(C)(C)C\1. The predicted octanol–water partition coefficient (Wildman–Crippen LogP) is 5.21. The average molecular weight is 317 g/mol. The number of hydrogen-bond acceptors (Lipinski definition) is 2. The van der Waals surface area contributed by atoms with Crippen molar-refractivity contribution in [2.24, 2.45) is 5.41 Å². The smallest absolute Gasteiger partial charge is 0.265 e. The maximum Gasteiger partial charge on any atom is 0.265 e. The van der Waals surface area contributed by atoms with Crippen LogP contribution in [0.4, 0.5) is 5.69 Å². The van der Waals surface area contributed by atoms with E-state index in [-0.39, 0.29) is 11.1 Å². The number of rotatable bonds is 3. The molecule has 0 amide bonds. The van der Waals surface area contributed by atoms with Crippen LogP contribution in [0.3, 0.4) is 0 Å². The summed E-state index contributed by atoms with van der Waals surface area (Å²) in [6, 6.07) is 10.4. The molecule has 1 aliphatic rings. The zero-order valence-corrected chi connectivity index (χ0v) is 14.8. The summed E-state index contributed by atoms with van der Waals surface area (Å²) in [4.78, 5) is 5.44. The van der Waals surface area contributed by atoms with Gasteiger partial charge >= 0.3 is 0 Å². The fraction of sp³-hybridized carbons (Fsp3) is 0.333. The van der Waals surface area contributed by atoms with Crippen LogP contribution in [0.15, 0.2) is 53.3 Å². The van der Waals surface area contributed by atoms with E-state index in [1.54, 1.807) is 0 Å². The molecule has 0 N–H and O–H groups in total. The molecule has 0 unspecified atom stereocenters. The number of hydrogen-bond donors (Lipinski definition) is 0. The molecule has 0 radical (unpaired) electrons. The van der Waals surface area contributed by atoms with Crippen molar-refractivity contribution in [2.45, 2.75) is 26.7 Å². The number of benzene rings is 1. The van der Waals surface area contributed by atoms with Gasteiger partial charge in [-0.15, -0.1) is 0 Å². The highest BCUT2D eigenvalue weighted by atomic mass is 15.1. The Morgan fingerprint density at radius 2 is 1.88 bits per heavy atom. The van der Waals surface area contributed by atoms with Crippen LogP contribution in [-0.4, -0.2) is 14.1 Å². The Hall–Kier alpha value is -2.78. The lowest BCUT2D eigenvalue weighted by atomic mass is 9.74. The van der Waals surface area contributed by atoms with E-state index in [4.69, 9.17) is 11.8 Å². The van der Waals surface area contributed by atoms with E-state index >= 15 is 0 Å². The molecule has 0 spiro atoms. The van der Waals surface area contributed by atoms with Crippen molar-refractivity contribution >= 4 is 11.8 Å². The molecule has 1 aromatic carbocycles. The second kappa shape index (κ2) is 7.20. The van der Waals surface area contributed by atoms with Gasteiger partial charge in [-0.05, 0) is 47.1 Å². The lowest BCUT2D eigenvalue weighted by molar-refractivity contribution is 0.354. The standard InChI is InChI=1S/C21H23N3/c1-21(2)13-17(12-18(14-21)20(15-22)23-3)7-6-16-8-10-19(11-9-16)24(4)5/h6-12H,13-14H2,1-2,4-5H3/b7-6+,20-18+. The van der Waals surface area contributed by atoms with Gasteiger partial charge in [0.05, 0.1) is 12.6 Å². The summed E-state index contributed by atoms with van der Waals surface area (Å²) in [7, 11) is 4.05. The van der Waals surface area contributed by atoms with Gasteiger partial charge in [-0.3, -0.25) is 0 Å². The lowest BCUT2D eigenvalue weighted by Gasteiger charge is -2.30. The molecular formula is C21H23N3.